The number of benzene rings is 2. The van der Waals surface area contributed by atoms with Crippen molar-refractivity contribution in [2.75, 3.05) is 5.32 Å². The van der Waals surface area contributed by atoms with Gasteiger partial charge in [0.15, 0.2) is 0 Å². The molecular weight excluding hydrogens is 321 g/mol. The van der Waals surface area contributed by atoms with Gasteiger partial charge in [0.1, 0.15) is 0 Å². The van der Waals surface area contributed by atoms with Gasteiger partial charge in [-0.15, -0.1) is 0 Å². The third-order valence-corrected chi connectivity index (χ3v) is 3.60. The molecule has 0 atom stereocenters. The minimum Gasteiger partial charge on any atom is -0.478 e. The van der Waals surface area contributed by atoms with Gasteiger partial charge in [0.2, 0.25) is 0 Å². The van der Waals surface area contributed by atoms with Crippen molar-refractivity contribution in [3.05, 3.63) is 62.6 Å². The quantitative estimate of drug-likeness (QED) is 0.833. The van der Waals surface area contributed by atoms with Crippen LogP contribution in [0.15, 0.2) is 36.4 Å². The number of hydrogen-bond acceptors (Lipinski definition) is 2. The Hall–Kier alpha value is -1.42. The fourth-order valence-electron chi connectivity index (χ4n) is 1.66. The van der Waals surface area contributed by atoms with E-state index in [2.05, 4.69) is 5.32 Å². The summed E-state index contributed by atoms with van der Waals surface area (Å²) in [5, 5.41) is 13.3. The van der Waals surface area contributed by atoms with Crippen LogP contribution in [0, 0.1) is 0 Å². The molecule has 0 spiro atoms. The summed E-state index contributed by atoms with van der Waals surface area (Å²) >= 11 is 17.8. The van der Waals surface area contributed by atoms with Gasteiger partial charge in [-0.3, -0.25) is 0 Å². The van der Waals surface area contributed by atoms with Gasteiger partial charge in [-0.25, -0.2) is 4.79 Å². The van der Waals surface area contributed by atoms with Crippen LogP contribution in [0.2, 0.25) is 15.1 Å². The number of halogens is 3. The van der Waals surface area contributed by atoms with Crippen LogP contribution in [0.4, 0.5) is 5.69 Å². The van der Waals surface area contributed by atoms with E-state index in [4.69, 9.17) is 39.9 Å². The average molecular weight is 331 g/mol. The van der Waals surface area contributed by atoms with Crippen LogP contribution in [0.25, 0.3) is 0 Å². The van der Waals surface area contributed by atoms with Crippen LogP contribution in [0.1, 0.15) is 15.9 Å². The van der Waals surface area contributed by atoms with E-state index in [1.807, 2.05) is 6.07 Å². The fourth-order valence-corrected chi connectivity index (χ4v) is 2.40. The number of carbonyl (C=O) groups is 1. The van der Waals surface area contributed by atoms with Gasteiger partial charge in [-0.2, -0.15) is 0 Å². The highest BCUT2D eigenvalue weighted by Crippen LogP contribution is 2.24. The lowest BCUT2D eigenvalue weighted by molar-refractivity contribution is 0.0697. The zero-order valence-corrected chi connectivity index (χ0v) is 12.4. The van der Waals surface area contributed by atoms with Gasteiger partial charge < -0.3 is 10.4 Å². The van der Waals surface area contributed by atoms with E-state index in [1.165, 1.54) is 6.07 Å². The SMILES string of the molecule is O=C(O)c1ccc(NCc2ccc(Cl)cc2Cl)cc1Cl. The summed E-state index contributed by atoms with van der Waals surface area (Å²) in [7, 11) is 0. The average Bonchev–Trinajstić information content (AvgIpc) is 2.37. The fraction of sp³-hybridized carbons (Fsp3) is 0.0714. The maximum absolute atomic E-state index is 10.9. The number of hydrogen-bond donors (Lipinski definition) is 2. The lowest BCUT2D eigenvalue weighted by atomic mass is 10.2. The third kappa shape index (κ3) is 3.57. The molecule has 0 fully saturated rings. The first-order chi connectivity index (χ1) is 9.47. The number of anilines is 1. The number of rotatable bonds is 4. The minimum absolute atomic E-state index is 0.0711. The predicted molar refractivity (Wildman–Crippen MR) is 82.2 cm³/mol. The van der Waals surface area contributed by atoms with Gasteiger partial charge in [0.05, 0.1) is 10.6 Å². The predicted octanol–water partition coefficient (Wildman–Crippen LogP) is 4.96. The first-order valence-electron chi connectivity index (χ1n) is 5.68. The van der Waals surface area contributed by atoms with Crippen molar-refractivity contribution >= 4 is 46.5 Å². The Balaban J connectivity index is 2.11. The van der Waals surface area contributed by atoms with Gasteiger partial charge in [0.25, 0.3) is 0 Å². The molecule has 104 valence electrons. The summed E-state index contributed by atoms with van der Waals surface area (Å²) in [6, 6.07) is 9.92. The minimum atomic E-state index is -1.05. The van der Waals surface area contributed by atoms with E-state index in [0.717, 1.165) is 5.56 Å². The van der Waals surface area contributed by atoms with Crippen LogP contribution in [-0.2, 0) is 6.54 Å². The van der Waals surface area contributed by atoms with E-state index in [9.17, 15) is 4.79 Å². The van der Waals surface area contributed by atoms with E-state index in [1.54, 1.807) is 24.3 Å². The van der Waals surface area contributed by atoms with Gasteiger partial charge in [0, 0.05) is 22.3 Å². The second kappa shape index (κ2) is 6.35. The standard InChI is InChI=1S/C14H10Cl3NO2/c15-9-2-1-8(12(16)5-9)7-18-10-3-4-11(14(19)20)13(17)6-10/h1-6,18H,7H2,(H,19,20). The Labute approximate surface area is 131 Å². The highest BCUT2D eigenvalue weighted by molar-refractivity contribution is 6.35. The van der Waals surface area contributed by atoms with E-state index >= 15 is 0 Å². The van der Waals surface area contributed by atoms with Crippen LogP contribution in [-0.4, -0.2) is 11.1 Å². The molecule has 0 saturated heterocycles. The Kier molecular flexibility index (Phi) is 4.76. The van der Waals surface area contributed by atoms with Crippen molar-refractivity contribution in [1.29, 1.82) is 0 Å². The summed E-state index contributed by atoms with van der Waals surface area (Å²) in [6.07, 6.45) is 0. The van der Waals surface area contributed by atoms with Crippen molar-refractivity contribution in [3.8, 4) is 0 Å². The molecule has 2 aromatic carbocycles. The molecule has 0 bridgehead atoms. The second-order valence-corrected chi connectivity index (χ2v) is 5.34. The molecule has 2 rings (SSSR count). The number of nitrogens with one attached hydrogen (secondary N) is 1. The molecule has 0 heterocycles. The normalized spacial score (nSPS) is 10.3. The molecule has 0 aliphatic rings. The Morgan fingerprint density at radius 1 is 1.05 bits per heavy atom. The maximum Gasteiger partial charge on any atom is 0.337 e. The summed E-state index contributed by atoms with van der Waals surface area (Å²) in [5.41, 5.74) is 1.67. The van der Waals surface area contributed by atoms with Gasteiger partial charge >= 0.3 is 5.97 Å². The van der Waals surface area contributed by atoms with Crippen LogP contribution in [0.5, 0.6) is 0 Å². The number of aromatic carboxylic acids is 1. The molecule has 0 aromatic heterocycles. The number of carboxylic acids is 1. The summed E-state index contributed by atoms with van der Waals surface area (Å²) in [5.74, 6) is -1.05. The highest BCUT2D eigenvalue weighted by Gasteiger charge is 2.09. The highest BCUT2D eigenvalue weighted by atomic mass is 35.5. The largest absolute Gasteiger partial charge is 0.478 e. The second-order valence-electron chi connectivity index (χ2n) is 4.09. The molecule has 2 aromatic rings. The molecule has 0 unspecified atom stereocenters. The van der Waals surface area contributed by atoms with Crippen LogP contribution < -0.4 is 5.32 Å². The molecule has 6 heteroatoms. The summed E-state index contributed by atoms with van der Waals surface area (Å²) in [4.78, 5) is 10.9. The molecule has 0 aliphatic heterocycles. The summed E-state index contributed by atoms with van der Waals surface area (Å²) in [6.45, 7) is 0.485. The van der Waals surface area contributed by atoms with E-state index < -0.39 is 5.97 Å². The van der Waals surface area contributed by atoms with Gasteiger partial charge in [-0.05, 0) is 35.9 Å². The van der Waals surface area contributed by atoms with Crippen molar-refractivity contribution < 1.29 is 9.90 Å². The molecule has 2 N–H and O–H groups in total. The first kappa shape index (κ1) is 15.0. The molecule has 3 nitrogen and oxygen atoms in total. The molecule has 0 radical (unpaired) electrons. The monoisotopic (exact) mass is 329 g/mol. The lowest BCUT2D eigenvalue weighted by Crippen LogP contribution is -2.02. The lowest BCUT2D eigenvalue weighted by Gasteiger charge is -2.09. The zero-order chi connectivity index (χ0) is 14.7. The van der Waals surface area contributed by atoms with Crippen molar-refractivity contribution in [2.45, 2.75) is 6.54 Å². The van der Waals surface area contributed by atoms with Crippen LogP contribution >= 0.6 is 34.8 Å². The Morgan fingerprint density at radius 3 is 2.40 bits per heavy atom. The Morgan fingerprint density at radius 2 is 1.80 bits per heavy atom. The van der Waals surface area contributed by atoms with Crippen molar-refractivity contribution in [2.24, 2.45) is 0 Å². The number of carboxylic acid groups (broad SMARTS) is 1. The Bertz CT molecular complexity index is 659. The van der Waals surface area contributed by atoms with Crippen LogP contribution in [0.3, 0.4) is 0 Å². The zero-order valence-electron chi connectivity index (χ0n) is 10.2. The maximum atomic E-state index is 10.9. The molecule has 0 saturated carbocycles. The van der Waals surface area contributed by atoms with Gasteiger partial charge in [-0.1, -0.05) is 40.9 Å². The van der Waals surface area contributed by atoms with E-state index in [-0.39, 0.29) is 10.6 Å². The molecule has 20 heavy (non-hydrogen) atoms. The van der Waals surface area contributed by atoms with Crippen molar-refractivity contribution in [1.82, 2.24) is 0 Å². The van der Waals surface area contributed by atoms with E-state index in [0.29, 0.717) is 22.3 Å². The molecule has 0 amide bonds. The van der Waals surface area contributed by atoms with Crippen molar-refractivity contribution in [3.63, 3.8) is 0 Å². The molecular formula is C14H10Cl3NO2. The smallest absolute Gasteiger partial charge is 0.337 e. The first-order valence-corrected chi connectivity index (χ1v) is 6.81. The summed E-state index contributed by atoms with van der Waals surface area (Å²) < 4.78 is 0. The third-order valence-electron chi connectivity index (χ3n) is 2.70. The molecule has 0 aliphatic carbocycles. The topological polar surface area (TPSA) is 49.3 Å².